The summed E-state index contributed by atoms with van der Waals surface area (Å²) in [5.41, 5.74) is 0. The number of carbonyl (C=O) groups excluding carboxylic acids is 1. The SMILES string of the molecule is O=C(O)CSCCNC(=O)CCSc1ccc(Br)cc1. The topological polar surface area (TPSA) is 66.4 Å². The number of carboxylic acids is 1. The summed E-state index contributed by atoms with van der Waals surface area (Å²) in [5.74, 6) is 0.612. The van der Waals surface area contributed by atoms with Gasteiger partial charge in [-0.25, -0.2) is 0 Å². The fourth-order valence-electron chi connectivity index (χ4n) is 1.30. The van der Waals surface area contributed by atoms with E-state index in [4.69, 9.17) is 5.11 Å². The van der Waals surface area contributed by atoms with E-state index in [1.807, 2.05) is 24.3 Å². The highest BCUT2D eigenvalue weighted by molar-refractivity contribution is 9.10. The third kappa shape index (κ3) is 8.50. The molecule has 0 saturated heterocycles. The molecule has 0 unspecified atom stereocenters. The Balaban J connectivity index is 2.05. The number of hydrogen-bond donors (Lipinski definition) is 2. The summed E-state index contributed by atoms with van der Waals surface area (Å²) in [6.07, 6.45) is 0.463. The van der Waals surface area contributed by atoms with Crippen LogP contribution in [0, 0.1) is 0 Å². The minimum absolute atomic E-state index is 0.00513. The summed E-state index contributed by atoms with van der Waals surface area (Å²) in [6.45, 7) is 0.514. The van der Waals surface area contributed by atoms with Gasteiger partial charge in [0.25, 0.3) is 0 Å². The molecule has 0 atom stereocenters. The largest absolute Gasteiger partial charge is 0.481 e. The summed E-state index contributed by atoms with van der Waals surface area (Å²) >= 11 is 6.32. The van der Waals surface area contributed by atoms with Crippen molar-refractivity contribution in [1.29, 1.82) is 0 Å². The summed E-state index contributed by atoms with van der Waals surface area (Å²) in [6, 6.07) is 7.97. The zero-order valence-corrected chi connectivity index (χ0v) is 14.0. The van der Waals surface area contributed by atoms with Gasteiger partial charge in [0.2, 0.25) is 5.91 Å². The van der Waals surface area contributed by atoms with Gasteiger partial charge in [-0.05, 0) is 24.3 Å². The third-order valence-electron chi connectivity index (χ3n) is 2.21. The molecule has 0 aliphatic rings. The average molecular weight is 378 g/mol. The number of amides is 1. The fourth-order valence-corrected chi connectivity index (χ4v) is 2.98. The maximum Gasteiger partial charge on any atom is 0.313 e. The van der Waals surface area contributed by atoms with E-state index < -0.39 is 5.97 Å². The second kappa shape index (κ2) is 10.1. The maximum atomic E-state index is 11.5. The Morgan fingerprint density at radius 2 is 1.90 bits per heavy atom. The lowest BCUT2D eigenvalue weighted by molar-refractivity contribution is -0.133. The molecule has 4 nitrogen and oxygen atoms in total. The van der Waals surface area contributed by atoms with Crippen LogP contribution in [-0.2, 0) is 9.59 Å². The zero-order chi connectivity index (χ0) is 14.8. The number of thioether (sulfide) groups is 2. The molecule has 20 heavy (non-hydrogen) atoms. The average Bonchev–Trinajstić information content (AvgIpc) is 2.40. The van der Waals surface area contributed by atoms with Crippen LogP contribution in [0.3, 0.4) is 0 Å². The van der Waals surface area contributed by atoms with Crippen molar-refractivity contribution in [1.82, 2.24) is 5.32 Å². The van der Waals surface area contributed by atoms with Gasteiger partial charge < -0.3 is 10.4 Å². The number of halogens is 1. The first-order chi connectivity index (χ1) is 9.58. The predicted octanol–water partition coefficient (Wildman–Crippen LogP) is 2.87. The van der Waals surface area contributed by atoms with Crippen LogP contribution in [0.4, 0.5) is 0 Å². The molecule has 0 radical (unpaired) electrons. The number of nitrogens with one attached hydrogen (secondary N) is 1. The van der Waals surface area contributed by atoms with E-state index in [1.54, 1.807) is 11.8 Å². The molecule has 0 heterocycles. The zero-order valence-electron chi connectivity index (χ0n) is 10.8. The van der Waals surface area contributed by atoms with Gasteiger partial charge >= 0.3 is 5.97 Å². The van der Waals surface area contributed by atoms with Crippen LogP contribution in [-0.4, -0.2) is 40.8 Å². The van der Waals surface area contributed by atoms with Crippen LogP contribution in [0.1, 0.15) is 6.42 Å². The van der Waals surface area contributed by atoms with Gasteiger partial charge in [0, 0.05) is 33.8 Å². The monoisotopic (exact) mass is 377 g/mol. The van der Waals surface area contributed by atoms with Crippen LogP contribution in [0.5, 0.6) is 0 Å². The molecule has 0 aliphatic heterocycles. The summed E-state index contributed by atoms with van der Waals surface area (Å²) < 4.78 is 1.04. The Morgan fingerprint density at radius 3 is 2.55 bits per heavy atom. The molecule has 0 fully saturated rings. The molecule has 1 amide bonds. The lowest BCUT2D eigenvalue weighted by Gasteiger charge is -2.05. The highest BCUT2D eigenvalue weighted by Gasteiger charge is 2.02. The Labute approximate surface area is 135 Å². The maximum absolute atomic E-state index is 11.5. The molecule has 0 saturated carbocycles. The van der Waals surface area contributed by atoms with Crippen molar-refractivity contribution in [2.24, 2.45) is 0 Å². The van der Waals surface area contributed by atoms with Crippen LogP contribution >= 0.6 is 39.5 Å². The smallest absolute Gasteiger partial charge is 0.313 e. The van der Waals surface area contributed by atoms with Gasteiger partial charge in [-0.15, -0.1) is 23.5 Å². The van der Waals surface area contributed by atoms with E-state index in [9.17, 15) is 9.59 Å². The molecule has 0 aromatic heterocycles. The molecule has 110 valence electrons. The van der Waals surface area contributed by atoms with E-state index in [1.165, 1.54) is 11.8 Å². The first-order valence-electron chi connectivity index (χ1n) is 6.02. The quantitative estimate of drug-likeness (QED) is 0.511. The second-order valence-corrected chi connectivity index (χ2v) is 7.04. The molecule has 0 spiro atoms. The first-order valence-corrected chi connectivity index (χ1v) is 8.96. The van der Waals surface area contributed by atoms with Crippen LogP contribution in [0.15, 0.2) is 33.6 Å². The van der Waals surface area contributed by atoms with E-state index in [0.717, 1.165) is 15.1 Å². The van der Waals surface area contributed by atoms with E-state index in [-0.39, 0.29) is 11.7 Å². The predicted molar refractivity (Wildman–Crippen MR) is 87.5 cm³/mol. The minimum atomic E-state index is -0.827. The van der Waals surface area contributed by atoms with Crippen molar-refractivity contribution < 1.29 is 14.7 Å². The van der Waals surface area contributed by atoms with Gasteiger partial charge in [-0.2, -0.15) is 0 Å². The highest BCUT2D eigenvalue weighted by Crippen LogP contribution is 2.21. The summed E-state index contributed by atoms with van der Waals surface area (Å²) in [4.78, 5) is 22.9. The number of hydrogen-bond acceptors (Lipinski definition) is 4. The fraction of sp³-hybridized carbons (Fsp3) is 0.385. The van der Waals surface area contributed by atoms with E-state index in [0.29, 0.717) is 18.7 Å². The van der Waals surface area contributed by atoms with E-state index in [2.05, 4.69) is 21.2 Å². The van der Waals surface area contributed by atoms with Gasteiger partial charge in [-0.3, -0.25) is 9.59 Å². The summed E-state index contributed by atoms with van der Waals surface area (Å²) in [7, 11) is 0. The molecule has 7 heteroatoms. The standard InChI is InChI=1S/C13H16BrNO3S2/c14-10-1-3-11(4-2-10)20-7-5-12(16)15-6-8-19-9-13(17)18/h1-4H,5-9H2,(H,15,16)(H,17,18). The van der Waals surface area contributed by atoms with Gasteiger partial charge in [0.1, 0.15) is 0 Å². The normalized spacial score (nSPS) is 10.2. The van der Waals surface area contributed by atoms with Crippen molar-refractivity contribution in [2.45, 2.75) is 11.3 Å². The van der Waals surface area contributed by atoms with Crippen LogP contribution < -0.4 is 5.32 Å². The van der Waals surface area contributed by atoms with Crippen LogP contribution in [0.25, 0.3) is 0 Å². The number of rotatable bonds is 9. The lowest BCUT2D eigenvalue weighted by atomic mass is 10.4. The van der Waals surface area contributed by atoms with Crippen molar-refractivity contribution >= 4 is 51.3 Å². The van der Waals surface area contributed by atoms with Crippen molar-refractivity contribution in [3.63, 3.8) is 0 Å². The molecule has 2 N–H and O–H groups in total. The molecule has 1 aromatic carbocycles. The number of benzene rings is 1. The molecule has 0 bridgehead atoms. The highest BCUT2D eigenvalue weighted by atomic mass is 79.9. The summed E-state index contributed by atoms with van der Waals surface area (Å²) in [5, 5.41) is 11.2. The minimum Gasteiger partial charge on any atom is -0.481 e. The second-order valence-electron chi connectivity index (χ2n) is 3.85. The number of carbonyl (C=O) groups is 2. The first kappa shape index (κ1) is 17.4. The molecule has 1 rings (SSSR count). The van der Waals surface area contributed by atoms with Crippen molar-refractivity contribution in [3.05, 3.63) is 28.7 Å². The van der Waals surface area contributed by atoms with Crippen LogP contribution in [0.2, 0.25) is 0 Å². The Kier molecular flexibility index (Phi) is 8.80. The number of aliphatic carboxylic acids is 1. The van der Waals surface area contributed by atoms with Gasteiger partial charge in [0.05, 0.1) is 5.75 Å². The lowest BCUT2D eigenvalue weighted by Crippen LogP contribution is -2.26. The van der Waals surface area contributed by atoms with E-state index >= 15 is 0 Å². The Bertz CT molecular complexity index is 440. The van der Waals surface area contributed by atoms with Gasteiger partial charge in [-0.1, -0.05) is 15.9 Å². The van der Waals surface area contributed by atoms with Crippen molar-refractivity contribution in [2.75, 3.05) is 23.8 Å². The molecular weight excluding hydrogens is 362 g/mol. The molecule has 1 aromatic rings. The number of carboxylic acid groups (broad SMARTS) is 1. The Hall–Kier alpha value is -0.660. The molecule has 0 aliphatic carbocycles. The van der Waals surface area contributed by atoms with Gasteiger partial charge in [0.15, 0.2) is 0 Å². The third-order valence-corrected chi connectivity index (χ3v) is 4.69. The van der Waals surface area contributed by atoms with Crippen molar-refractivity contribution in [3.8, 4) is 0 Å². The molecular formula is C13H16BrNO3S2. The Morgan fingerprint density at radius 1 is 1.20 bits per heavy atom.